The van der Waals surface area contributed by atoms with Gasteiger partial charge in [-0.05, 0) is 48.9 Å². The summed E-state index contributed by atoms with van der Waals surface area (Å²) in [6.07, 6.45) is 0.569. The van der Waals surface area contributed by atoms with Gasteiger partial charge in [-0.2, -0.15) is 0 Å². The van der Waals surface area contributed by atoms with E-state index in [0.29, 0.717) is 12.8 Å². The Balaban J connectivity index is 1.49. The summed E-state index contributed by atoms with van der Waals surface area (Å²) in [4.78, 5) is 25.9. The van der Waals surface area contributed by atoms with Crippen LogP contribution in [0.2, 0.25) is 0 Å². The number of likely N-dealkylation sites (tertiary alicyclic amines) is 1. The van der Waals surface area contributed by atoms with Crippen molar-refractivity contribution in [2.75, 3.05) is 6.61 Å². The van der Waals surface area contributed by atoms with Crippen LogP contribution in [-0.2, 0) is 9.53 Å². The van der Waals surface area contributed by atoms with E-state index in [1.165, 1.54) is 22.3 Å². The average molecular weight is 379 g/mol. The molecule has 5 heteroatoms. The van der Waals surface area contributed by atoms with Crippen molar-refractivity contribution in [2.45, 2.75) is 44.7 Å². The minimum absolute atomic E-state index is 0.0264. The molecule has 2 aromatic rings. The van der Waals surface area contributed by atoms with Crippen molar-refractivity contribution >= 4 is 12.1 Å². The minimum Gasteiger partial charge on any atom is -0.481 e. The predicted molar refractivity (Wildman–Crippen MR) is 106 cm³/mol. The Morgan fingerprint density at radius 2 is 1.46 bits per heavy atom. The lowest BCUT2D eigenvalue weighted by Gasteiger charge is -2.40. The number of amides is 1. The molecule has 1 saturated heterocycles. The van der Waals surface area contributed by atoms with Crippen molar-refractivity contribution in [1.29, 1.82) is 0 Å². The largest absolute Gasteiger partial charge is 0.481 e. The summed E-state index contributed by atoms with van der Waals surface area (Å²) in [5, 5.41) is 9.30. The normalized spacial score (nSPS) is 23.8. The van der Waals surface area contributed by atoms with Crippen molar-refractivity contribution in [3.05, 3.63) is 59.7 Å². The van der Waals surface area contributed by atoms with Crippen LogP contribution in [0.25, 0.3) is 11.1 Å². The van der Waals surface area contributed by atoms with Crippen molar-refractivity contribution in [3.63, 3.8) is 0 Å². The summed E-state index contributed by atoms with van der Waals surface area (Å²) in [7, 11) is 0. The molecule has 0 radical (unpaired) electrons. The Hall–Kier alpha value is -2.82. The summed E-state index contributed by atoms with van der Waals surface area (Å²) < 4.78 is 5.76. The van der Waals surface area contributed by atoms with Crippen LogP contribution >= 0.6 is 0 Å². The highest BCUT2D eigenvalue weighted by molar-refractivity contribution is 5.79. The molecule has 0 saturated carbocycles. The quantitative estimate of drug-likeness (QED) is 0.852. The third kappa shape index (κ3) is 3.15. The molecule has 1 unspecified atom stereocenters. The van der Waals surface area contributed by atoms with Gasteiger partial charge in [0.05, 0.1) is 5.92 Å². The predicted octanol–water partition coefficient (Wildman–Crippen LogP) is 4.51. The third-order valence-electron chi connectivity index (χ3n) is 6.10. The number of rotatable bonds is 3. The van der Waals surface area contributed by atoms with Gasteiger partial charge in [0, 0.05) is 18.0 Å². The molecule has 1 amide bonds. The first-order valence-electron chi connectivity index (χ1n) is 9.83. The van der Waals surface area contributed by atoms with Gasteiger partial charge in [0.1, 0.15) is 6.61 Å². The number of aliphatic carboxylic acids is 1. The van der Waals surface area contributed by atoms with E-state index in [4.69, 9.17) is 4.74 Å². The summed E-state index contributed by atoms with van der Waals surface area (Å²) in [5.74, 6) is -1.16. The molecule has 0 aromatic heterocycles. The lowest BCUT2D eigenvalue weighted by atomic mass is 9.87. The number of hydrogen-bond donors (Lipinski definition) is 1. The van der Waals surface area contributed by atoms with E-state index in [9.17, 15) is 14.7 Å². The first-order valence-corrected chi connectivity index (χ1v) is 9.83. The summed E-state index contributed by atoms with van der Waals surface area (Å²) in [6.45, 7) is 4.07. The molecular formula is C23H25NO4. The number of carbonyl (C=O) groups is 2. The first kappa shape index (κ1) is 18.5. The Morgan fingerprint density at radius 1 is 0.964 bits per heavy atom. The highest BCUT2D eigenvalue weighted by Crippen LogP contribution is 2.44. The fourth-order valence-electron chi connectivity index (χ4n) is 4.81. The molecule has 3 atom stereocenters. The van der Waals surface area contributed by atoms with E-state index in [0.717, 1.165) is 0 Å². The monoisotopic (exact) mass is 379 g/mol. The van der Waals surface area contributed by atoms with Crippen LogP contribution < -0.4 is 0 Å². The van der Waals surface area contributed by atoms with Crippen LogP contribution in [-0.4, -0.2) is 40.8 Å². The maximum absolute atomic E-state index is 12.8. The molecule has 0 bridgehead atoms. The standard InChI is InChI=1S/C23H25NO4/c1-14-11-16(22(25)26)12-15(2)24(14)23(27)28-13-21-19-9-5-3-7-17(19)18-8-4-6-10-20(18)21/h3-10,14-16,21H,11-13H2,1-2H3,(H,25,26)/t14-,15+,16?. The molecule has 1 aliphatic carbocycles. The summed E-state index contributed by atoms with van der Waals surface area (Å²) in [6, 6.07) is 16.2. The molecule has 0 spiro atoms. The molecule has 2 aliphatic rings. The Bertz CT molecular complexity index is 851. The highest BCUT2D eigenvalue weighted by Gasteiger charge is 2.38. The van der Waals surface area contributed by atoms with E-state index in [1.807, 2.05) is 38.1 Å². The van der Waals surface area contributed by atoms with Gasteiger partial charge in [-0.1, -0.05) is 48.5 Å². The van der Waals surface area contributed by atoms with Gasteiger partial charge in [-0.3, -0.25) is 4.79 Å². The SMILES string of the molecule is C[C@@H]1CC(C(=O)O)C[C@H](C)N1C(=O)OCC1c2ccccc2-c2ccccc21. The van der Waals surface area contributed by atoms with Gasteiger partial charge in [-0.25, -0.2) is 4.79 Å². The first-order chi connectivity index (χ1) is 13.5. The molecule has 2 aromatic carbocycles. The number of hydrogen-bond acceptors (Lipinski definition) is 3. The van der Waals surface area contributed by atoms with Crippen LogP contribution in [0.1, 0.15) is 43.7 Å². The van der Waals surface area contributed by atoms with E-state index in [1.54, 1.807) is 4.90 Å². The van der Waals surface area contributed by atoms with Crippen molar-refractivity contribution in [3.8, 4) is 11.1 Å². The fourth-order valence-corrected chi connectivity index (χ4v) is 4.81. The van der Waals surface area contributed by atoms with E-state index >= 15 is 0 Å². The lowest BCUT2D eigenvalue weighted by Crippen LogP contribution is -2.51. The van der Waals surface area contributed by atoms with E-state index < -0.39 is 11.9 Å². The van der Waals surface area contributed by atoms with Crippen molar-refractivity contribution in [1.82, 2.24) is 4.90 Å². The second-order valence-electron chi connectivity index (χ2n) is 7.92. The second kappa shape index (κ2) is 7.30. The number of ether oxygens (including phenoxy) is 1. The Morgan fingerprint density at radius 3 is 1.96 bits per heavy atom. The van der Waals surface area contributed by atoms with Gasteiger partial charge in [0.15, 0.2) is 0 Å². The number of fused-ring (bicyclic) bond motifs is 3. The maximum atomic E-state index is 12.8. The van der Waals surface area contributed by atoms with E-state index in [2.05, 4.69) is 24.3 Å². The minimum atomic E-state index is -0.786. The van der Waals surface area contributed by atoms with Gasteiger partial charge >= 0.3 is 12.1 Å². The molecule has 1 heterocycles. The topological polar surface area (TPSA) is 66.8 Å². The van der Waals surface area contributed by atoms with Gasteiger partial charge < -0.3 is 14.7 Å². The Kier molecular flexibility index (Phi) is 4.84. The number of benzene rings is 2. The zero-order valence-electron chi connectivity index (χ0n) is 16.2. The van der Waals surface area contributed by atoms with Crippen LogP contribution in [0.5, 0.6) is 0 Å². The summed E-state index contributed by atoms with van der Waals surface area (Å²) in [5.41, 5.74) is 4.76. The van der Waals surface area contributed by atoms with Gasteiger partial charge in [0.2, 0.25) is 0 Å². The highest BCUT2D eigenvalue weighted by atomic mass is 16.6. The fraction of sp³-hybridized carbons (Fsp3) is 0.391. The number of carbonyl (C=O) groups excluding carboxylic acids is 1. The third-order valence-corrected chi connectivity index (χ3v) is 6.10. The zero-order chi connectivity index (χ0) is 19.8. The number of nitrogens with zero attached hydrogens (tertiary/aromatic N) is 1. The molecular weight excluding hydrogens is 354 g/mol. The zero-order valence-corrected chi connectivity index (χ0v) is 16.2. The summed E-state index contributed by atoms with van der Waals surface area (Å²) >= 11 is 0. The molecule has 4 rings (SSSR count). The van der Waals surface area contributed by atoms with Crippen molar-refractivity contribution < 1.29 is 19.4 Å². The maximum Gasteiger partial charge on any atom is 0.410 e. The molecule has 28 heavy (non-hydrogen) atoms. The molecule has 146 valence electrons. The number of carboxylic acid groups (broad SMARTS) is 1. The van der Waals surface area contributed by atoms with E-state index in [-0.39, 0.29) is 30.7 Å². The average Bonchev–Trinajstić information content (AvgIpc) is 2.99. The second-order valence-corrected chi connectivity index (χ2v) is 7.92. The molecule has 5 nitrogen and oxygen atoms in total. The molecule has 1 fully saturated rings. The lowest BCUT2D eigenvalue weighted by molar-refractivity contribution is -0.144. The molecule has 1 aliphatic heterocycles. The number of carboxylic acids is 1. The van der Waals surface area contributed by atoms with Gasteiger partial charge in [-0.15, -0.1) is 0 Å². The van der Waals surface area contributed by atoms with Crippen LogP contribution in [0, 0.1) is 5.92 Å². The van der Waals surface area contributed by atoms with Gasteiger partial charge in [0.25, 0.3) is 0 Å². The van der Waals surface area contributed by atoms with Crippen LogP contribution in [0.15, 0.2) is 48.5 Å². The Labute approximate surface area is 164 Å². The van der Waals surface area contributed by atoms with Crippen LogP contribution in [0.3, 0.4) is 0 Å². The molecule has 1 N–H and O–H groups in total. The number of piperidine rings is 1. The van der Waals surface area contributed by atoms with Crippen LogP contribution in [0.4, 0.5) is 4.79 Å². The van der Waals surface area contributed by atoms with Crippen molar-refractivity contribution in [2.24, 2.45) is 5.92 Å². The smallest absolute Gasteiger partial charge is 0.410 e.